The summed E-state index contributed by atoms with van der Waals surface area (Å²) < 4.78 is 19.1. The van der Waals surface area contributed by atoms with E-state index < -0.39 is 0 Å². The van der Waals surface area contributed by atoms with E-state index in [1.54, 1.807) is 6.07 Å². The maximum Gasteiger partial charge on any atom is 0.226 e. The largest absolute Gasteiger partial charge is 0.339 e. The van der Waals surface area contributed by atoms with Crippen molar-refractivity contribution < 1.29 is 8.91 Å². The van der Waals surface area contributed by atoms with Crippen molar-refractivity contribution in [1.29, 1.82) is 5.26 Å². The van der Waals surface area contributed by atoms with Crippen molar-refractivity contribution in [2.24, 2.45) is 0 Å². The second kappa shape index (κ2) is 6.24. The van der Waals surface area contributed by atoms with E-state index in [1.807, 2.05) is 13.0 Å². The van der Waals surface area contributed by atoms with Gasteiger partial charge in [0.05, 0.1) is 17.7 Å². The minimum atomic E-state index is -0.285. The summed E-state index contributed by atoms with van der Waals surface area (Å²) in [5, 5.41) is 13.0. The Hall–Kier alpha value is -2.26. The standard InChI is InChI=1S/C16H17FN4O/c1-2-15-19-16(20-22-15)14-4-3-7-21(14)10-12-8-11(9-18)5-6-13(12)17/h5-6,8,14H,2-4,7,10H2,1H3/t14-/m0/s1. The molecule has 0 unspecified atom stereocenters. The molecular formula is C16H17FN4O. The zero-order valence-corrected chi connectivity index (χ0v) is 12.4. The lowest BCUT2D eigenvalue weighted by Gasteiger charge is -2.22. The third-order valence-electron chi connectivity index (χ3n) is 4.00. The quantitative estimate of drug-likeness (QED) is 0.868. The van der Waals surface area contributed by atoms with Crippen molar-refractivity contribution in [3.8, 4) is 6.07 Å². The fourth-order valence-corrected chi connectivity index (χ4v) is 2.84. The maximum absolute atomic E-state index is 14.0. The Balaban J connectivity index is 1.80. The van der Waals surface area contributed by atoms with E-state index in [0.29, 0.717) is 35.8 Å². The number of hydrogen-bond acceptors (Lipinski definition) is 5. The fourth-order valence-electron chi connectivity index (χ4n) is 2.84. The maximum atomic E-state index is 14.0. The SMILES string of the molecule is CCc1nc([C@@H]2CCCN2Cc2cc(C#N)ccc2F)no1. The second-order valence-corrected chi connectivity index (χ2v) is 5.45. The average Bonchev–Trinajstić information content (AvgIpc) is 3.18. The number of likely N-dealkylation sites (tertiary alicyclic amines) is 1. The molecule has 2 heterocycles. The molecule has 1 aliphatic heterocycles. The van der Waals surface area contributed by atoms with Gasteiger partial charge in [-0.1, -0.05) is 12.1 Å². The van der Waals surface area contributed by atoms with Gasteiger partial charge < -0.3 is 4.52 Å². The van der Waals surface area contributed by atoms with Crippen molar-refractivity contribution >= 4 is 0 Å². The Morgan fingerprint density at radius 3 is 3.09 bits per heavy atom. The molecule has 0 spiro atoms. The molecule has 1 saturated heterocycles. The lowest BCUT2D eigenvalue weighted by Crippen LogP contribution is -2.24. The molecule has 1 fully saturated rings. The lowest BCUT2D eigenvalue weighted by atomic mass is 10.1. The zero-order valence-electron chi connectivity index (χ0n) is 12.4. The van der Waals surface area contributed by atoms with Gasteiger partial charge in [-0.05, 0) is 37.6 Å². The van der Waals surface area contributed by atoms with Gasteiger partial charge in [-0.3, -0.25) is 4.90 Å². The van der Waals surface area contributed by atoms with Crippen LogP contribution in [0.4, 0.5) is 4.39 Å². The van der Waals surface area contributed by atoms with Gasteiger partial charge >= 0.3 is 0 Å². The molecule has 0 radical (unpaired) electrons. The molecule has 6 heteroatoms. The van der Waals surface area contributed by atoms with Gasteiger partial charge in [0, 0.05) is 18.5 Å². The molecule has 0 saturated carbocycles. The normalized spacial score (nSPS) is 18.5. The second-order valence-electron chi connectivity index (χ2n) is 5.45. The smallest absolute Gasteiger partial charge is 0.226 e. The highest BCUT2D eigenvalue weighted by molar-refractivity contribution is 5.33. The van der Waals surface area contributed by atoms with Gasteiger partial charge in [0.25, 0.3) is 0 Å². The molecule has 0 amide bonds. The molecule has 1 aliphatic rings. The number of aryl methyl sites for hydroxylation is 1. The van der Waals surface area contributed by atoms with Gasteiger partial charge in [0.15, 0.2) is 5.82 Å². The van der Waals surface area contributed by atoms with Crippen LogP contribution in [0.15, 0.2) is 22.7 Å². The van der Waals surface area contributed by atoms with Crippen molar-refractivity contribution in [2.45, 2.75) is 38.8 Å². The van der Waals surface area contributed by atoms with E-state index >= 15 is 0 Å². The van der Waals surface area contributed by atoms with Crippen LogP contribution in [-0.2, 0) is 13.0 Å². The first-order valence-corrected chi connectivity index (χ1v) is 7.46. The molecular weight excluding hydrogens is 283 g/mol. The third-order valence-corrected chi connectivity index (χ3v) is 4.00. The number of benzene rings is 1. The van der Waals surface area contributed by atoms with Crippen molar-refractivity contribution in [3.63, 3.8) is 0 Å². The van der Waals surface area contributed by atoms with Gasteiger partial charge in [-0.15, -0.1) is 0 Å². The molecule has 5 nitrogen and oxygen atoms in total. The van der Waals surface area contributed by atoms with E-state index in [0.717, 1.165) is 19.4 Å². The van der Waals surface area contributed by atoms with Crippen LogP contribution >= 0.6 is 0 Å². The summed E-state index contributed by atoms with van der Waals surface area (Å²) in [7, 11) is 0. The van der Waals surface area contributed by atoms with Crippen LogP contribution in [0.3, 0.4) is 0 Å². The van der Waals surface area contributed by atoms with E-state index in [-0.39, 0.29) is 11.9 Å². The molecule has 1 atom stereocenters. The van der Waals surface area contributed by atoms with Crippen LogP contribution in [0.1, 0.15) is 48.6 Å². The zero-order chi connectivity index (χ0) is 15.5. The number of nitrogens with zero attached hydrogens (tertiary/aromatic N) is 4. The van der Waals surface area contributed by atoms with Crippen LogP contribution in [-0.4, -0.2) is 21.6 Å². The molecule has 1 aromatic heterocycles. The molecule has 0 aliphatic carbocycles. The summed E-state index contributed by atoms with van der Waals surface area (Å²) in [6.45, 7) is 3.27. The summed E-state index contributed by atoms with van der Waals surface area (Å²) in [6.07, 6.45) is 2.65. The molecule has 0 bridgehead atoms. The fraction of sp³-hybridized carbons (Fsp3) is 0.438. The number of aromatic nitrogens is 2. The Morgan fingerprint density at radius 1 is 1.50 bits per heavy atom. The predicted molar refractivity (Wildman–Crippen MR) is 77.2 cm³/mol. The summed E-state index contributed by atoms with van der Waals surface area (Å²) in [5.41, 5.74) is 1.00. The Morgan fingerprint density at radius 2 is 2.36 bits per heavy atom. The molecule has 3 rings (SSSR count). The van der Waals surface area contributed by atoms with Crippen LogP contribution in [0.2, 0.25) is 0 Å². The molecule has 0 N–H and O–H groups in total. The lowest BCUT2D eigenvalue weighted by molar-refractivity contribution is 0.231. The summed E-state index contributed by atoms with van der Waals surface area (Å²) >= 11 is 0. The highest BCUT2D eigenvalue weighted by atomic mass is 19.1. The van der Waals surface area contributed by atoms with E-state index in [2.05, 4.69) is 15.0 Å². The minimum Gasteiger partial charge on any atom is -0.339 e. The van der Waals surface area contributed by atoms with E-state index in [9.17, 15) is 4.39 Å². The number of rotatable bonds is 4. The highest BCUT2D eigenvalue weighted by Crippen LogP contribution is 2.32. The van der Waals surface area contributed by atoms with Crippen LogP contribution in [0.5, 0.6) is 0 Å². The van der Waals surface area contributed by atoms with Crippen LogP contribution < -0.4 is 0 Å². The Kier molecular flexibility index (Phi) is 4.16. The summed E-state index contributed by atoms with van der Waals surface area (Å²) in [5.74, 6) is 1.01. The van der Waals surface area contributed by atoms with Gasteiger partial charge in [0.2, 0.25) is 5.89 Å². The van der Waals surface area contributed by atoms with Crippen molar-refractivity contribution in [3.05, 3.63) is 46.9 Å². The van der Waals surface area contributed by atoms with E-state index in [4.69, 9.17) is 9.78 Å². The summed E-state index contributed by atoms with van der Waals surface area (Å²) in [4.78, 5) is 6.54. The first kappa shape index (κ1) is 14.7. The number of halogens is 1. The Bertz CT molecular complexity index is 706. The highest BCUT2D eigenvalue weighted by Gasteiger charge is 2.30. The first-order valence-electron chi connectivity index (χ1n) is 7.46. The van der Waals surface area contributed by atoms with Gasteiger partial charge in [-0.2, -0.15) is 10.2 Å². The molecule has 1 aromatic carbocycles. The Labute approximate surface area is 128 Å². The average molecular weight is 300 g/mol. The molecule has 114 valence electrons. The van der Waals surface area contributed by atoms with Crippen molar-refractivity contribution in [2.75, 3.05) is 6.54 Å². The van der Waals surface area contributed by atoms with Crippen LogP contribution in [0, 0.1) is 17.1 Å². The number of hydrogen-bond donors (Lipinski definition) is 0. The van der Waals surface area contributed by atoms with Crippen molar-refractivity contribution in [1.82, 2.24) is 15.0 Å². The predicted octanol–water partition coefficient (Wildman–Crippen LogP) is 2.98. The van der Waals surface area contributed by atoms with Gasteiger partial charge in [0.1, 0.15) is 5.82 Å². The first-order chi connectivity index (χ1) is 10.7. The molecule has 22 heavy (non-hydrogen) atoms. The third kappa shape index (κ3) is 2.85. The van der Waals surface area contributed by atoms with Crippen LogP contribution in [0.25, 0.3) is 0 Å². The minimum absolute atomic E-state index is 0.0502. The van der Waals surface area contributed by atoms with Gasteiger partial charge in [-0.25, -0.2) is 4.39 Å². The molecule has 2 aromatic rings. The topological polar surface area (TPSA) is 66.0 Å². The monoisotopic (exact) mass is 300 g/mol. The number of nitriles is 1. The summed E-state index contributed by atoms with van der Waals surface area (Å²) in [6, 6.07) is 6.55. The van der Waals surface area contributed by atoms with E-state index in [1.165, 1.54) is 12.1 Å².